The first kappa shape index (κ1) is 8.32. The van der Waals surface area contributed by atoms with Crippen molar-refractivity contribution in [3.05, 3.63) is 18.3 Å². The van der Waals surface area contributed by atoms with E-state index >= 15 is 0 Å². The predicted molar refractivity (Wildman–Crippen MR) is 46.3 cm³/mol. The zero-order valence-corrected chi connectivity index (χ0v) is 6.69. The summed E-state index contributed by atoms with van der Waals surface area (Å²) < 4.78 is 4.92. The van der Waals surface area contributed by atoms with Gasteiger partial charge in [0.25, 0.3) is 0 Å². The molecule has 0 amide bonds. The Morgan fingerprint density at radius 2 is 2.33 bits per heavy atom. The van der Waals surface area contributed by atoms with E-state index in [4.69, 9.17) is 16.2 Å². The Balaban J connectivity index is 3.05. The molecule has 1 rings (SSSR count). The highest BCUT2D eigenvalue weighted by Crippen LogP contribution is 2.22. The first-order valence-corrected chi connectivity index (χ1v) is 3.32. The molecule has 1 heterocycles. The normalized spacial score (nSPS) is 9.08. The lowest BCUT2D eigenvalue weighted by atomic mass is 10.4. The molecule has 0 atom stereocenters. The number of hydrogen-bond donors (Lipinski definition) is 2. The van der Waals surface area contributed by atoms with E-state index in [0.29, 0.717) is 11.6 Å². The van der Waals surface area contributed by atoms with Crippen LogP contribution in [0.2, 0.25) is 0 Å². The lowest BCUT2D eigenvalue weighted by molar-refractivity contribution is 0.399. The summed E-state index contributed by atoms with van der Waals surface area (Å²) in [6.45, 7) is 0. The van der Waals surface area contributed by atoms with Gasteiger partial charge in [0.1, 0.15) is 5.69 Å². The van der Waals surface area contributed by atoms with Crippen LogP contribution in [0.4, 0.5) is 5.69 Å². The number of aromatic nitrogens is 1. The average molecular weight is 166 g/mol. The number of nitrogens with two attached hydrogens (primary N) is 2. The Morgan fingerprint density at radius 3 is 2.92 bits per heavy atom. The molecular weight excluding hydrogens is 156 g/mol. The molecule has 12 heavy (non-hydrogen) atoms. The van der Waals surface area contributed by atoms with Crippen molar-refractivity contribution in [1.29, 1.82) is 0 Å². The number of nitrogens with zero attached hydrogens (tertiary/aromatic N) is 2. The lowest BCUT2D eigenvalue weighted by Crippen LogP contribution is -2.21. The van der Waals surface area contributed by atoms with Crippen LogP contribution in [0.3, 0.4) is 0 Å². The molecule has 0 unspecified atom stereocenters. The van der Waals surface area contributed by atoms with Crippen LogP contribution >= 0.6 is 0 Å². The van der Waals surface area contributed by atoms with Crippen molar-refractivity contribution in [2.75, 3.05) is 7.11 Å². The van der Waals surface area contributed by atoms with Crippen LogP contribution in [0.15, 0.2) is 23.3 Å². The monoisotopic (exact) mass is 166 g/mol. The summed E-state index contributed by atoms with van der Waals surface area (Å²) in [5.74, 6) is 0.396. The highest BCUT2D eigenvalue weighted by Gasteiger charge is 2.00. The maximum atomic E-state index is 5.19. The van der Waals surface area contributed by atoms with Gasteiger partial charge in [0, 0.05) is 6.20 Å². The Kier molecular flexibility index (Phi) is 2.47. The maximum Gasteiger partial charge on any atom is 0.239 e. The number of rotatable bonds is 2. The topological polar surface area (TPSA) is 86.5 Å². The zero-order valence-electron chi connectivity index (χ0n) is 6.69. The quantitative estimate of drug-likeness (QED) is 0.478. The number of ether oxygens (including phenoxy) is 1. The SMILES string of the molecule is COc1ncccc1N=C(N)N. The Labute approximate surface area is 70.1 Å². The molecule has 4 N–H and O–H groups in total. The van der Waals surface area contributed by atoms with E-state index in [1.165, 1.54) is 7.11 Å². The highest BCUT2D eigenvalue weighted by atomic mass is 16.5. The summed E-state index contributed by atoms with van der Waals surface area (Å²) >= 11 is 0. The fourth-order valence-corrected chi connectivity index (χ4v) is 0.764. The van der Waals surface area contributed by atoms with Crippen molar-refractivity contribution in [3.63, 3.8) is 0 Å². The first-order valence-electron chi connectivity index (χ1n) is 3.32. The minimum absolute atomic E-state index is 0.0127. The summed E-state index contributed by atoms with van der Waals surface area (Å²) in [5.41, 5.74) is 10.9. The Morgan fingerprint density at radius 1 is 1.58 bits per heavy atom. The number of guanidine groups is 1. The van der Waals surface area contributed by atoms with E-state index in [0.717, 1.165) is 0 Å². The number of methoxy groups -OCH3 is 1. The summed E-state index contributed by atoms with van der Waals surface area (Å²) in [4.78, 5) is 7.72. The fraction of sp³-hybridized carbons (Fsp3) is 0.143. The van der Waals surface area contributed by atoms with Crippen molar-refractivity contribution in [2.45, 2.75) is 0 Å². The molecule has 0 aliphatic rings. The molecular formula is C7H10N4O. The van der Waals surface area contributed by atoms with Gasteiger partial charge in [0.05, 0.1) is 7.11 Å². The minimum Gasteiger partial charge on any atom is -0.479 e. The van der Waals surface area contributed by atoms with Crippen LogP contribution in [-0.4, -0.2) is 18.1 Å². The van der Waals surface area contributed by atoms with Crippen LogP contribution < -0.4 is 16.2 Å². The largest absolute Gasteiger partial charge is 0.479 e. The molecule has 0 radical (unpaired) electrons. The van der Waals surface area contributed by atoms with Crippen molar-refractivity contribution in [2.24, 2.45) is 16.5 Å². The van der Waals surface area contributed by atoms with Crippen molar-refractivity contribution < 1.29 is 4.74 Å². The molecule has 0 saturated heterocycles. The van der Waals surface area contributed by atoms with Gasteiger partial charge in [-0.15, -0.1) is 0 Å². The zero-order chi connectivity index (χ0) is 8.97. The molecule has 64 valence electrons. The first-order chi connectivity index (χ1) is 5.74. The molecule has 5 nitrogen and oxygen atoms in total. The van der Waals surface area contributed by atoms with Gasteiger partial charge in [-0.2, -0.15) is 0 Å². The standard InChI is InChI=1S/C7H10N4O/c1-12-6-5(11-7(8)9)3-2-4-10-6/h2-4H,1H3,(H4,8,9,11). The van der Waals surface area contributed by atoms with Gasteiger partial charge in [-0.1, -0.05) is 0 Å². The molecule has 0 fully saturated rings. The molecule has 0 saturated carbocycles. The minimum atomic E-state index is -0.0127. The van der Waals surface area contributed by atoms with Gasteiger partial charge in [-0.25, -0.2) is 9.98 Å². The smallest absolute Gasteiger partial charge is 0.239 e. The molecule has 0 aliphatic heterocycles. The average Bonchev–Trinajstić information content (AvgIpc) is 2.04. The second kappa shape index (κ2) is 3.56. The molecule has 1 aromatic rings. The van der Waals surface area contributed by atoms with Crippen molar-refractivity contribution in [1.82, 2.24) is 4.98 Å². The number of hydrogen-bond acceptors (Lipinski definition) is 3. The van der Waals surface area contributed by atoms with Crippen LogP contribution in [0.1, 0.15) is 0 Å². The van der Waals surface area contributed by atoms with Gasteiger partial charge < -0.3 is 16.2 Å². The third-order valence-electron chi connectivity index (χ3n) is 1.19. The van der Waals surface area contributed by atoms with E-state index in [9.17, 15) is 0 Å². The predicted octanol–water partition coefficient (Wildman–Crippen LogP) is -0.00490. The van der Waals surface area contributed by atoms with E-state index in [1.54, 1.807) is 18.3 Å². The lowest BCUT2D eigenvalue weighted by Gasteiger charge is -2.01. The molecule has 0 aliphatic carbocycles. The third kappa shape index (κ3) is 1.85. The second-order valence-electron chi connectivity index (χ2n) is 2.07. The van der Waals surface area contributed by atoms with Gasteiger partial charge in [-0.05, 0) is 12.1 Å². The molecule has 0 spiro atoms. The second-order valence-corrected chi connectivity index (χ2v) is 2.07. The van der Waals surface area contributed by atoms with E-state index in [1.807, 2.05) is 0 Å². The van der Waals surface area contributed by atoms with Crippen LogP contribution in [0.5, 0.6) is 5.88 Å². The fourth-order valence-electron chi connectivity index (χ4n) is 0.764. The highest BCUT2D eigenvalue weighted by molar-refractivity contribution is 5.79. The molecule has 1 aromatic heterocycles. The van der Waals surface area contributed by atoms with Gasteiger partial charge in [-0.3, -0.25) is 0 Å². The van der Waals surface area contributed by atoms with Gasteiger partial charge >= 0.3 is 0 Å². The summed E-state index contributed by atoms with van der Waals surface area (Å²) in [5, 5.41) is 0. The van der Waals surface area contributed by atoms with E-state index in [2.05, 4.69) is 9.98 Å². The van der Waals surface area contributed by atoms with E-state index in [-0.39, 0.29) is 5.96 Å². The van der Waals surface area contributed by atoms with E-state index < -0.39 is 0 Å². The number of pyridine rings is 1. The Bertz CT molecular complexity index is 293. The Hall–Kier alpha value is -1.78. The van der Waals surface area contributed by atoms with Crippen molar-refractivity contribution in [3.8, 4) is 5.88 Å². The summed E-state index contributed by atoms with van der Waals surface area (Å²) in [7, 11) is 1.51. The summed E-state index contributed by atoms with van der Waals surface area (Å²) in [6.07, 6.45) is 1.60. The molecule has 5 heteroatoms. The maximum absolute atomic E-state index is 5.19. The number of aliphatic imine (C=N–C) groups is 1. The van der Waals surface area contributed by atoms with Crippen LogP contribution in [-0.2, 0) is 0 Å². The van der Waals surface area contributed by atoms with Gasteiger partial charge in [0.15, 0.2) is 5.96 Å². The van der Waals surface area contributed by atoms with Crippen molar-refractivity contribution >= 4 is 11.6 Å². The molecule has 0 aromatic carbocycles. The molecule has 0 bridgehead atoms. The summed E-state index contributed by atoms with van der Waals surface area (Å²) in [6, 6.07) is 3.44. The van der Waals surface area contributed by atoms with Gasteiger partial charge in [0.2, 0.25) is 5.88 Å². The third-order valence-corrected chi connectivity index (χ3v) is 1.19. The van der Waals surface area contributed by atoms with Crippen LogP contribution in [0, 0.1) is 0 Å². The van der Waals surface area contributed by atoms with Crippen LogP contribution in [0.25, 0.3) is 0 Å².